The van der Waals surface area contributed by atoms with Crippen LogP contribution in [-0.4, -0.2) is 25.5 Å². The highest BCUT2D eigenvalue weighted by Crippen LogP contribution is 2.48. The largest absolute Gasteiger partial charge is 0.330 e. The topological polar surface area (TPSA) is 100 Å². The summed E-state index contributed by atoms with van der Waals surface area (Å²) in [4.78, 5) is 4.65. The molecule has 1 fully saturated rings. The molecule has 1 aromatic rings. The van der Waals surface area contributed by atoms with Crippen LogP contribution < -0.4 is 16.8 Å². The fourth-order valence-corrected chi connectivity index (χ4v) is 3.37. The number of rotatable bonds is 9. The van der Waals surface area contributed by atoms with Crippen molar-refractivity contribution in [2.24, 2.45) is 22.4 Å². The van der Waals surface area contributed by atoms with Crippen molar-refractivity contribution in [2.75, 3.05) is 13.6 Å². The van der Waals surface area contributed by atoms with E-state index in [0.29, 0.717) is 6.54 Å². The first-order valence-corrected chi connectivity index (χ1v) is 9.51. The van der Waals surface area contributed by atoms with Gasteiger partial charge >= 0.3 is 0 Å². The highest BCUT2D eigenvalue weighted by molar-refractivity contribution is 5.97. The molecule has 2 atom stereocenters. The fourth-order valence-electron chi connectivity index (χ4n) is 3.37. The van der Waals surface area contributed by atoms with Crippen LogP contribution in [0, 0.1) is 24.2 Å². The lowest BCUT2D eigenvalue weighted by Gasteiger charge is -2.21. The van der Waals surface area contributed by atoms with Crippen molar-refractivity contribution >= 4 is 11.3 Å². The van der Waals surface area contributed by atoms with Crippen LogP contribution in [0.1, 0.15) is 42.9 Å². The van der Waals surface area contributed by atoms with E-state index in [2.05, 4.69) is 55.0 Å². The van der Waals surface area contributed by atoms with Gasteiger partial charge in [0.05, 0.1) is 17.6 Å². The third-order valence-electron chi connectivity index (χ3n) is 5.45. The van der Waals surface area contributed by atoms with Crippen molar-refractivity contribution in [3.63, 3.8) is 0 Å². The first-order chi connectivity index (χ1) is 13.0. The Labute approximate surface area is 162 Å². The van der Waals surface area contributed by atoms with Crippen LogP contribution in [0.4, 0.5) is 0 Å². The Morgan fingerprint density at radius 1 is 1.48 bits per heavy atom. The second kappa shape index (κ2) is 9.09. The van der Waals surface area contributed by atoms with Gasteiger partial charge in [-0.15, -0.1) is 0 Å². The average molecular weight is 366 g/mol. The number of benzene rings is 1. The van der Waals surface area contributed by atoms with E-state index in [4.69, 9.17) is 11.5 Å². The highest BCUT2D eigenvalue weighted by atomic mass is 15.0. The lowest BCUT2D eigenvalue weighted by Crippen LogP contribution is -2.47. The minimum atomic E-state index is -0.271. The Kier molecular flexibility index (Phi) is 7.09. The molecule has 27 heavy (non-hydrogen) atoms. The third kappa shape index (κ3) is 4.54. The maximum Gasteiger partial charge on any atom is 0.0823 e. The summed E-state index contributed by atoms with van der Waals surface area (Å²) in [6.07, 6.45) is 6.10. The number of nitrogens with two attached hydrogens (primary N) is 2. The number of aryl methyl sites for hydroxylation is 1. The summed E-state index contributed by atoms with van der Waals surface area (Å²) in [5.41, 5.74) is 17.1. The van der Waals surface area contributed by atoms with Crippen LogP contribution in [0.5, 0.6) is 0 Å². The maximum absolute atomic E-state index is 9.42. The molecule has 1 saturated carbocycles. The summed E-state index contributed by atoms with van der Waals surface area (Å²) in [5.74, 6) is -0.101. The van der Waals surface area contributed by atoms with Crippen molar-refractivity contribution in [1.82, 2.24) is 5.32 Å². The van der Waals surface area contributed by atoms with Crippen molar-refractivity contribution in [1.29, 1.82) is 5.26 Å². The van der Waals surface area contributed by atoms with E-state index in [9.17, 15) is 5.26 Å². The van der Waals surface area contributed by atoms with Crippen molar-refractivity contribution in [3.05, 3.63) is 53.7 Å². The third-order valence-corrected chi connectivity index (χ3v) is 5.45. The summed E-state index contributed by atoms with van der Waals surface area (Å²) in [6.45, 7) is 8.46. The number of aliphatic imine (C=N–C) groups is 1. The van der Waals surface area contributed by atoms with Crippen molar-refractivity contribution in [2.45, 2.75) is 44.7 Å². The van der Waals surface area contributed by atoms with Gasteiger partial charge in [0.2, 0.25) is 0 Å². The Hall–Kier alpha value is -2.26. The second-order valence-electron chi connectivity index (χ2n) is 7.15. The van der Waals surface area contributed by atoms with E-state index in [0.717, 1.165) is 41.7 Å². The first kappa shape index (κ1) is 21.0. The Morgan fingerprint density at radius 3 is 2.63 bits per heavy atom. The van der Waals surface area contributed by atoms with Gasteiger partial charge in [-0.1, -0.05) is 31.7 Å². The monoisotopic (exact) mass is 365 g/mol. The SMILES string of the molecule is C=C/C(=N\C=C(/CC)c1ccc(C2(C#N)CC2)cc1C)C(CN)C(N)NC. The number of nitrogens with zero attached hydrogens (tertiary/aromatic N) is 2. The van der Waals surface area contributed by atoms with Crippen LogP contribution in [-0.2, 0) is 5.41 Å². The molecule has 5 nitrogen and oxygen atoms in total. The molecule has 1 aliphatic carbocycles. The number of nitriles is 1. The molecule has 5 N–H and O–H groups in total. The summed E-state index contributed by atoms with van der Waals surface area (Å²) in [5, 5.41) is 12.5. The fraction of sp³-hybridized carbons (Fsp3) is 0.455. The normalized spacial score (nSPS) is 18.5. The van der Waals surface area contributed by atoms with Crippen LogP contribution in [0.3, 0.4) is 0 Å². The second-order valence-corrected chi connectivity index (χ2v) is 7.15. The summed E-state index contributed by atoms with van der Waals surface area (Å²) in [7, 11) is 1.81. The van der Waals surface area contributed by atoms with Crippen LogP contribution in [0.2, 0.25) is 0 Å². The van der Waals surface area contributed by atoms with E-state index < -0.39 is 0 Å². The van der Waals surface area contributed by atoms with Gasteiger partial charge in [-0.25, -0.2) is 0 Å². The number of allylic oxidation sites excluding steroid dienone is 2. The predicted molar refractivity (Wildman–Crippen MR) is 113 cm³/mol. The van der Waals surface area contributed by atoms with Crippen LogP contribution in [0.25, 0.3) is 5.57 Å². The van der Waals surface area contributed by atoms with Gasteiger partial charge in [0.15, 0.2) is 0 Å². The highest BCUT2D eigenvalue weighted by Gasteiger charge is 2.44. The quantitative estimate of drug-likeness (QED) is 0.462. The summed E-state index contributed by atoms with van der Waals surface area (Å²) in [6, 6.07) is 8.80. The van der Waals surface area contributed by atoms with E-state index in [1.165, 1.54) is 5.56 Å². The lowest BCUT2D eigenvalue weighted by molar-refractivity contribution is 0.478. The van der Waals surface area contributed by atoms with Gasteiger partial charge in [0.25, 0.3) is 0 Å². The molecule has 2 rings (SSSR count). The zero-order valence-corrected chi connectivity index (χ0v) is 16.6. The summed E-state index contributed by atoms with van der Waals surface area (Å²) >= 11 is 0. The molecule has 0 saturated heterocycles. The van der Waals surface area contributed by atoms with E-state index in [1.807, 2.05) is 6.20 Å². The molecule has 0 radical (unpaired) electrons. The van der Waals surface area contributed by atoms with Gasteiger partial charge < -0.3 is 16.8 Å². The van der Waals surface area contributed by atoms with Gasteiger partial charge in [0.1, 0.15) is 0 Å². The molecule has 0 amide bonds. The molecule has 0 heterocycles. The van der Waals surface area contributed by atoms with Gasteiger partial charge in [-0.3, -0.25) is 4.99 Å². The Morgan fingerprint density at radius 2 is 2.19 bits per heavy atom. The standard InChI is InChI=1S/C22H31N5/c1-5-16(13-27-20(6-2)19(12-23)21(25)26-4)18-8-7-17(11-15(18)3)22(14-24)9-10-22/h6-8,11,13,19,21,26H,2,5,9-10,12,23,25H2,1,3-4H3/b16-13+,27-20+. The van der Waals surface area contributed by atoms with Crippen molar-refractivity contribution < 1.29 is 0 Å². The molecule has 5 heteroatoms. The smallest absolute Gasteiger partial charge is 0.0823 e. The Bertz CT molecular complexity index is 780. The Balaban J connectivity index is 2.35. The maximum atomic E-state index is 9.42. The molecule has 0 aromatic heterocycles. The first-order valence-electron chi connectivity index (χ1n) is 9.51. The molecule has 0 spiro atoms. The number of hydrogen-bond donors (Lipinski definition) is 3. The molecule has 1 aromatic carbocycles. The van der Waals surface area contributed by atoms with E-state index in [1.54, 1.807) is 13.1 Å². The van der Waals surface area contributed by atoms with Gasteiger partial charge in [0, 0.05) is 24.4 Å². The lowest BCUT2D eigenvalue weighted by atomic mass is 9.91. The molecule has 1 aliphatic rings. The average Bonchev–Trinajstić information content (AvgIpc) is 3.49. The number of nitrogens with one attached hydrogen (secondary N) is 1. The molecule has 0 aliphatic heterocycles. The zero-order chi connectivity index (χ0) is 20.0. The van der Waals surface area contributed by atoms with E-state index >= 15 is 0 Å². The van der Waals surface area contributed by atoms with E-state index in [-0.39, 0.29) is 17.5 Å². The molecule has 2 unspecified atom stereocenters. The predicted octanol–water partition coefficient (Wildman–Crippen LogP) is 3.01. The molecule has 0 bridgehead atoms. The van der Waals surface area contributed by atoms with Crippen LogP contribution >= 0.6 is 0 Å². The summed E-state index contributed by atoms with van der Waals surface area (Å²) < 4.78 is 0. The number of hydrogen-bond acceptors (Lipinski definition) is 5. The van der Waals surface area contributed by atoms with Gasteiger partial charge in [-0.05, 0) is 61.6 Å². The van der Waals surface area contributed by atoms with Gasteiger partial charge in [-0.2, -0.15) is 5.26 Å². The minimum absolute atomic E-state index is 0.101. The molecule has 144 valence electrons. The van der Waals surface area contributed by atoms with Crippen molar-refractivity contribution in [3.8, 4) is 6.07 Å². The zero-order valence-electron chi connectivity index (χ0n) is 16.6. The molecular weight excluding hydrogens is 334 g/mol. The van der Waals surface area contributed by atoms with Crippen LogP contribution in [0.15, 0.2) is 42.0 Å². The minimum Gasteiger partial charge on any atom is -0.330 e. The molecular formula is C22H31N5.